The van der Waals surface area contributed by atoms with E-state index in [1.165, 1.54) is 14.7 Å². The molecule has 0 unspecified atom stereocenters. The van der Waals surface area contributed by atoms with E-state index in [-0.39, 0.29) is 0 Å². The highest BCUT2D eigenvalue weighted by molar-refractivity contribution is 14.1. The van der Waals surface area contributed by atoms with E-state index in [1.54, 1.807) is 6.33 Å². The lowest BCUT2D eigenvalue weighted by Crippen LogP contribution is -2.16. The van der Waals surface area contributed by atoms with Crippen LogP contribution in [-0.2, 0) is 13.1 Å². The summed E-state index contributed by atoms with van der Waals surface area (Å²) in [5.74, 6) is 1.03. The van der Waals surface area contributed by atoms with Gasteiger partial charge in [-0.2, -0.15) is 0 Å². The number of benzene rings is 2. The smallest absolute Gasteiger partial charge is 0.140 e. The zero-order valence-electron chi connectivity index (χ0n) is 10.8. The average Bonchev–Trinajstić information content (AvgIpc) is 2.90. The molecule has 4 rings (SSSR count). The van der Waals surface area contributed by atoms with Crippen molar-refractivity contribution in [2.45, 2.75) is 13.1 Å². The van der Waals surface area contributed by atoms with Crippen molar-refractivity contribution in [3.8, 4) is 0 Å². The Morgan fingerprint density at radius 1 is 0.950 bits per heavy atom. The minimum absolute atomic E-state index is 0.924. The first-order valence-corrected chi connectivity index (χ1v) is 7.61. The summed E-state index contributed by atoms with van der Waals surface area (Å²) >= 11 is 2.33. The van der Waals surface area contributed by atoms with Crippen LogP contribution in [0.5, 0.6) is 0 Å². The number of aromatic nitrogens is 2. The maximum atomic E-state index is 4.52. The molecule has 0 fully saturated rings. The molecule has 2 aromatic carbocycles. The minimum atomic E-state index is 0.924. The highest BCUT2D eigenvalue weighted by Gasteiger charge is 2.21. The molecule has 0 N–H and O–H groups in total. The zero-order chi connectivity index (χ0) is 13.5. The SMILES string of the molecule is Ic1ccc2ncnc(N3Cc4ccccc4C3)c2c1. The number of nitrogens with zero attached hydrogens (tertiary/aromatic N) is 3. The summed E-state index contributed by atoms with van der Waals surface area (Å²) in [6.07, 6.45) is 1.66. The van der Waals surface area contributed by atoms with E-state index < -0.39 is 0 Å². The van der Waals surface area contributed by atoms with Gasteiger partial charge < -0.3 is 4.90 Å². The molecule has 0 saturated heterocycles. The van der Waals surface area contributed by atoms with Gasteiger partial charge in [0.1, 0.15) is 12.1 Å². The molecule has 3 nitrogen and oxygen atoms in total. The quantitative estimate of drug-likeness (QED) is 0.609. The molecule has 0 atom stereocenters. The van der Waals surface area contributed by atoms with Gasteiger partial charge in [-0.3, -0.25) is 0 Å². The Morgan fingerprint density at radius 2 is 1.70 bits per heavy atom. The largest absolute Gasteiger partial charge is 0.347 e. The van der Waals surface area contributed by atoms with Gasteiger partial charge in [0.2, 0.25) is 0 Å². The monoisotopic (exact) mass is 373 g/mol. The van der Waals surface area contributed by atoms with Crippen LogP contribution in [0.25, 0.3) is 10.9 Å². The third-order valence-electron chi connectivity index (χ3n) is 3.72. The van der Waals surface area contributed by atoms with Gasteiger partial charge in [0, 0.05) is 22.0 Å². The molecular formula is C16H12IN3. The summed E-state index contributed by atoms with van der Waals surface area (Å²) in [7, 11) is 0. The van der Waals surface area contributed by atoms with Crippen molar-refractivity contribution in [3.63, 3.8) is 0 Å². The van der Waals surface area contributed by atoms with Gasteiger partial charge in [0.05, 0.1) is 5.52 Å². The van der Waals surface area contributed by atoms with Crippen molar-refractivity contribution in [2.24, 2.45) is 0 Å². The van der Waals surface area contributed by atoms with Crippen molar-refractivity contribution in [3.05, 3.63) is 63.5 Å². The normalized spacial score (nSPS) is 13.8. The second-order valence-corrected chi connectivity index (χ2v) is 6.23. The van der Waals surface area contributed by atoms with Gasteiger partial charge in [0.25, 0.3) is 0 Å². The van der Waals surface area contributed by atoms with E-state index in [1.807, 2.05) is 0 Å². The highest BCUT2D eigenvalue weighted by atomic mass is 127. The van der Waals surface area contributed by atoms with E-state index in [2.05, 4.69) is 79.9 Å². The van der Waals surface area contributed by atoms with E-state index in [0.29, 0.717) is 0 Å². The summed E-state index contributed by atoms with van der Waals surface area (Å²) in [5, 5.41) is 1.13. The topological polar surface area (TPSA) is 29.0 Å². The van der Waals surface area contributed by atoms with Gasteiger partial charge in [-0.15, -0.1) is 0 Å². The molecule has 0 radical (unpaired) electrons. The molecule has 0 spiro atoms. The molecule has 1 aromatic heterocycles. The molecule has 98 valence electrons. The first kappa shape index (κ1) is 12.1. The Morgan fingerprint density at radius 3 is 2.45 bits per heavy atom. The number of hydrogen-bond donors (Lipinski definition) is 0. The van der Waals surface area contributed by atoms with E-state index >= 15 is 0 Å². The number of anilines is 1. The molecule has 2 heterocycles. The Bertz CT molecular complexity index is 776. The standard InChI is InChI=1S/C16H12IN3/c17-13-5-6-15-14(7-13)16(19-10-18-15)20-8-11-3-1-2-4-12(11)9-20/h1-7,10H,8-9H2. The van der Waals surface area contributed by atoms with Crippen LogP contribution in [0.1, 0.15) is 11.1 Å². The molecule has 1 aliphatic heterocycles. The first-order chi connectivity index (χ1) is 9.81. The van der Waals surface area contributed by atoms with Gasteiger partial charge in [-0.25, -0.2) is 9.97 Å². The van der Waals surface area contributed by atoms with Crippen LogP contribution in [0.4, 0.5) is 5.82 Å². The van der Waals surface area contributed by atoms with E-state index in [0.717, 1.165) is 29.8 Å². The molecule has 0 aliphatic carbocycles. The van der Waals surface area contributed by atoms with E-state index in [9.17, 15) is 0 Å². The lowest BCUT2D eigenvalue weighted by molar-refractivity contribution is 0.859. The molecule has 0 bridgehead atoms. The molecule has 0 amide bonds. The van der Waals surface area contributed by atoms with Crippen LogP contribution in [-0.4, -0.2) is 9.97 Å². The minimum Gasteiger partial charge on any atom is -0.347 e. The van der Waals surface area contributed by atoms with Gasteiger partial charge in [-0.1, -0.05) is 24.3 Å². The second-order valence-electron chi connectivity index (χ2n) is 4.98. The van der Waals surface area contributed by atoms with Crippen LogP contribution in [0, 0.1) is 3.57 Å². The fourth-order valence-corrected chi connectivity index (χ4v) is 3.24. The van der Waals surface area contributed by atoms with Crippen molar-refractivity contribution in [1.29, 1.82) is 0 Å². The molecule has 0 saturated carbocycles. The third kappa shape index (κ3) is 1.95. The average molecular weight is 373 g/mol. The van der Waals surface area contributed by atoms with Crippen molar-refractivity contribution >= 4 is 39.3 Å². The van der Waals surface area contributed by atoms with Crippen LogP contribution in [0.3, 0.4) is 0 Å². The number of hydrogen-bond acceptors (Lipinski definition) is 3. The Balaban J connectivity index is 1.83. The molecule has 3 aromatic rings. The third-order valence-corrected chi connectivity index (χ3v) is 4.39. The number of rotatable bonds is 1. The van der Waals surface area contributed by atoms with Gasteiger partial charge >= 0.3 is 0 Å². The molecule has 4 heteroatoms. The van der Waals surface area contributed by atoms with Crippen molar-refractivity contribution in [2.75, 3.05) is 4.90 Å². The lowest BCUT2D eigenvalue weighted by Gasteiger charge is -2.18. The van der Waals surface area contributed by atoms with Gasteiger partial charge in [-0.05, 0) is 51.9 Å². The number of fused-ring (bicyclic) bond motifs is 2. The summed E-state index contributed by atoms with van der Waals surface area (Å²) in [6, 6.07) is 14.9. The predicted molar refractivity (Wildman–Crippen MR) is 88.6 cm³/mol. The van der Waals surface area contributed by atoms with Crippen LogP contribution in [0.15, 0.2) is 48.8 Å². The summed E-state index contributed by atoms with van der Waals surface area (Å²) < 4.78 is 1.21. The zero-order valence-corrected chi connectivity index (χ0v) is 12.9. The fourth-order valence-electron chi connectivity index (χ4n) is 2.75. The molecule has 20 heavy (non-hydrogen) atoms. The van der Waals surface area contributed by atoms with Crippen molar-refractivity contribution in [1.82, 2.24) is 9.97 Å². The summed E-state index contributed by atoms with van der Waals surface area (Å²) in [6.45, 7) is 1.85. The van der Waals surface area contributed by atoms with Crippen LogP contribution < -0.4 is 4.90 Å². The maximum absolute atomic E-state index is 4.52. The van der Waals surface area contributed by atoms with Crippen LogP contribution in [0.2, 0.25) is 0 Å². The lowest BCUT2D eigenvalue weighted by atomic mass is 10.1. The Hall–Kier alpha value is -1.69. The first-order valence-electron chi connectivity index (χ1n) is 6.53. The number of halogens is 1. The van der Waals surface area contributed by atoms with Crippen molar-refractivity contribution < 1.29 is 0 Å². The van der Waals surface area contributed by atoms with Crippen LogP contribution >= 0.6 is 22.6 Å². The highest BCUT2D eigenvalue weighted by Crippen LogP contribution is 2.31. The second kappa shape index (κ2) is 4.70. The van der Waals surface area contributed by atoms with E-state index in [4.69, 9.17) is 0 Å². The Kier molecular flexibility index (Phi) is 2.84. The summed E-state index contributed by atoms with van der Waals surface area (Å²) in [4.78, 5) is 11.2. The summed E-state index contributed by atoms with van der Waals surface area (Å²) in [5.41, 5.74) is 3.79. The van der Waals surface area contributed by atoms with Gasteiger partial charge in [0.15, 0.2) is 0 Å². The maximum Gasteiger partial charge on any atom is 0.140 e. The molecular weight excluding hydrogens is 361 g/mol. The predicted octanol–water partition coefficient (Wildman–Crippen LogP) is 3.75. The fraction of sp³-hybridized carbons (Fsp3) is 0.125. The Labute approximate surface area is 130 Å². The molecule has 1 aliphatic rings.